The molecule has 0 bridgehead atoms. The van der Waals surface area contributed by atoms with Crippen molar-refractivity contribution >= 4 is 0 Å². The van der Waals surface area contributed by atoms with Crippen LogP contribution in [0.3, 0.4) is 0 Å². The molecule has 1 aromatic heterocycles. The van der Waals surface area contributed by atoms with Gasteiger partial charge < -0.3 is 0 Å². The average Bonchev–Trinajstić information content (AvgIpc) is 2.93. The molecule has 6 nitrogen and oxygen atoms in total. The summed E-state index contributed by atoms with van der Waals surface area (Å²) in [6.07, 6.45) is 3.71. The molecule has 0 radical (unpaired) electrons. The van der Waals surface area contributed by atoms with E-state index >= 15 is 0 Å². The molecule has 0 aliphatic rings. The van der Waals surface area contributed by atoms with Crippen LogP contribution in [0.4, 0.5) is 4.39 Å². The number of alkyl halides is 1. The molecule has 0 aliphatic carbocycles. The third-order valence-corrected chi connectivity index (χ3v) is 2.49. The summed E-state index contributed by atoms with van der Waals surface area (Å²) in [5.74, 6) is 0. The van der Waals surface area contributed by atoms with Crippen LogP contribution in [-0.2, 0) is 6.42 Å². The maximum absolute atomic E-state index is 12.5. The second-order valence-electron chi connectivity index (χ2n) is 3.73. The van der Waals surface area contributed by atoms with Crippen molar-refractivity contribution < 1.29 is 4.39 Å². The largest absolute Gasteiger partial charge is 0.251 e. The molecule has 92 valence electrons. The van der Waals surface area contributed by atoms with Crippen LogP contribution < -0.4 is 0 Å². The molecule has 0 spiro atoms. The van der Waals surface area contributed by atoms with Crippen molar-refractivity contribution in [2.24, 2.45) is 5.11 Å². The van der Waals surface area contributed by atoms with Crippen molar-refractivity contribution in [3.8, 4) is 5.69 Å². The van der Waals surface area contributed by atoms with Gasteiger partial charge in [-0.05, 0) is 29.6 Å². The number of nitrogens with zero attached hydrogens (tertiary/aromatic N) is 6. The third kappa shape index (κ3) is 2.83. The summed E-state index contributed by atoms with van der Waals surface area (Å²) in [6.45, 7) is -0.658. The number of hydrogen-bond donors (Lipinski definition) is 0. The van der Waals surface area contributed by atoms with E-state index in [0.29, 0.717) is 6.42 Å². The molecule has 2 aromatic rings. The normalized spacial score (nSPS) is 11.8. The van der Waals surface area contributed by atoms with Crippen molar-refractivity contribution in [1.29, 1.82) is 0 Å². The first-order valence-electron chi connectivity index (χ1n) is 5.39. The Morgan fingerprint density at radius 2 is 2.17 bits per heavy atom. The van der Waals surface area contributed by atoms with Crippen molar-refractivity contribution in [3.63, 3.8) is 0 Å². The van der Waals surface area contributed by atoms with E-state index in [0.717, 1.165) is 11.3 Å². The number of benzene rings is 1. The molecule has 0 unspecified atom stereocenters. The van der Waals surface area contributed by atoms with E-state index in [1.54, 1.807) is 17.1 Å². The third-order valence-electron chi connectivity index (χ3n) is 2.49. The Labute approximate surface area is 103 Å². The summed E-state index contributed by atoms with van der Waals surface area (Å²) in [5, 5.41) is 11.0. The van der Waals surface area contributed by atoms with E-state index in [9.17, 15) is 4.39 Å². The lowest BCUT2D eigenvalue weighted by Crippen LogP contribution is -2.10. The van der Waals surface area contributed by atoms with E-state index in [-0.39, 0.29) is 0 Å². The molecule has 1 aromatic carbocycles. The van der Waals surface area contributed by atoms with Gasteiger partial charge in [0.25, 0.3) is 0 Å². The van der Waals surface area contributed by atoms with Gasteiger partial charge in [-0.25, -0.2) is 4.68 Å². The fraction of sp³-hybridized carbons (Fsp3) is 0.273. The second kappa shape index (κ2) is 5.79. The Morgan fingerprint density at radius 1 is 1.39 bits per heavy atom. The highest BCUT2D eigenvalue weighted by atomic mass is 19.1. The second-order valence-corrected chi connectivity index (χ2v) is 3.73. The van der Waals surface area contributed by atoms with Gasteiger partial charge in [0.1, 0.15) is 0 Å². The topological polar surface area (TPSA) is 79.5 Å². The van der Waals surface area contributed by atoms with E-state index in [2.05, 4.69) is 20.3 Å². The number of aromatic nitrogens is 3. The number of azide groups is 1. The first-order chi connectivity index (χ1) is 8.83. The van der Waals surface area contributed by atoms with Gasteiger partial charge in [-0.1, -0.05) is 22.5 Å². The van der Waals surface area contributed by atoms with Crippen molar-refractivity contribution in [1.82, 2.24) is 15.0 Å². The van der Waals surface area contributed by atoms with Gasteiger partial charge in [0, 0.05) is 4.91 Å². The highest BCUT2D eigenvalue weighted by Crippen LogP contribution is 2.11. The number of hydrogen-bond acceptors (Lipinski definition) is 3. The summed E-state index contributed by atoms with van der Waals surface area (Å²) in [5.41, 5.74) is 10.1. The van der Waals surface area contributed by atoms with Gasteiger partial charge >= 0.3 is 0 Å². The summed E-state index contributed by atoms with van der Waals surface area (Å²) >= 11 is 0. The molecular formula is C11H11FN6. The van der Waals surface area contributed by atoms with Crippen LogP contribution in [0.2, 0.25) is 0 Å². The molecule has 0 saturated heterocycles. The highest BCUT2D eigenvalue weighted by molar-refractivity contribution is 5.33. The van der Waals surface area contributed by atoms with E-state index in [1.165, 1.54) is 0 Å². The molecule has 1 heterocycles. The Balaban J connectivity index is 2.10. The standard InChI is InChI=1S/C11H11FN6/c12-8-10(15-16-13)7-9-1-3-11(4-2-9)18-6-5-14-17-18/h1-6,10H,7-8H2/t10-/m0/s1. The van der Waals surface area contributed by atoms with Crippen molar-refractivity contribution in [2.45, 2.75) is 12.5 Å². The first-order valence-corrected chi connectivity index (χ1v) is 5.39. The van der Waals surface area contributed by atoms with Gasteiger partial charge in [0.15, 0.2) is 0 Å². The zero-order chi connectivity index (χ0) is 12.8. The molecule has 0 aliphatic heterocycles. The van der Waals surface area contributed by atoms with Crippen LogP contribution in [0.25, 0.3) is 16.1 Å². The Morgan fingerprint density at radius 3 is 2.72 bits per heavy atom. The summed E-state index contributed by atoms with van der Waals surface area (Å²) in [4.78, 5) is 2.62. The maximum atomic E-state index is 12.5. The minimum atomic E-state index is -0.658. The van der Waals surface area contributed by atoms with Gasteiger partial charge in [-0.2, -0.15) is 0 Å². The number of halogens is 1. The predicted molar refractivity (Wildman–Crippen MR) is 64.0 cm³/mol. The fourth-order valence-electron chi connectivity index (χ4n) is 1.60. The lowest BCUT2D eigenvalue weighted by Gasteiger charge is -2.07. The monoisotopic (exact) mass is 246 g/mol. The predicted octanol–water partition coefficient (Wildman–Crippen LogP) is 2.46. The Kier molecular flexibility index (Phi) is 3.88. The minimum absolute atomic E-state index is 0.387. The zero-order valence-corrected chi connectivity index (χ0v) is 9.52. The molecule has 1 atom stereocenters. The van der Waals surface area contributed by atoms with Crippen LogP contribution in [0, 0.1) is 0 Å². The molecule has 0 N–H and O–H groups in total. The average molecular weight is 246 g/mol. The molecule has 0 fully saturated rings. The highest BCUT2D eigenvalue weighted by Gasteiger charge is 2.07. The Hall–Kier alpha value is -2.40. The molecule has 18 heavy (non-hydrogen) atoms. The van der Waals surface area contributed by atoms with Gasteiger partial charge in [-0.15, -0.1) is 5.10 Å². The van der Waals surface area contributed by atoms with Crippen LogP contribution in [-0.4, -0.2) is 27.7 Å². The van der Waals surface area contributed by atoms with Crippen LogP contribution in [0.1, 0.15) is 5.56 Å². The summed E-state index contributed by atoms with van der Waals surface area (Å²) in [6, 6.07) is 6.77. The van der Waals surface area contributed by atoms with Crippen LogP contribution in [0.5, 0.6) is 0 Å². The number of rotatable bonds is 5. The summed E-state index contributed by atoms with van der Waals surface area (Å²) < 4.78 is 14.2. The van der Waals surface area contributed by atoms with E-state index in [1.807, 2.05) is 24.3 Å². The van der Waals surface area contributed by atoms with Gasteiger partial charge in [0.2, 0.25) is 0 Å². The maximum Gasteiger partial charge on any atom is 0.0982 e. The van der Waals surface area contributed by atoms with Crippen molar-refractivity contribution in [2.75, 3.05) is 6.67 Å². The zero-order valence-electron chi connectivity index (χ0n) is 9.52. The molecule has 2 rings (SSSR count). The quantitative estimate of drug-likeness (QED) is 0.461. The summed E-state index contributed by atoms with van der Waals surface area (Å²) in [7, 11) is 0. The lowest BCUT2D eigenvalue weighted by molar-refractivity contribution is 0.426. The molecule has 0 amide bonds. The fourth-order valence-corrected chi connectivity index (χ4v) is 1.60. The van der Waals surface area contributed by atoms with E-state index < -0.39 is 12.7 Å². The Bertz CT molecular complexity index is 529. The van der Waals surface area contributed by atoms with Gasteiger partial charge in [-0.3, -0.25) is 4.39 Å². The molecule has 0 saturated carbocycles. The molecular weight excluding hydrogens is 235 g/mol. The van der Waals surface area contributed by atoms with Crippen molar-refractivity contribution in [3.05, 3.63) is 52.7 Å². The first kappa shape index (κ1) is 12.1. The van der Waals surface area contributed by atoms with E-state index in [4.69, 9.17) is 5.53 Å². The minimum Gasteiger partial charge on any atom is -0.251 e. The van der Waals surface area contributed by atoms with Crippen LogP contribution >= 0.6 is 0 Å². The SMILES string of the molecule is [N-]=[N+]=N[C@H](CF)Cc1ccc(-n2ccnn2)cc1. The van der Waals surface area contributed by atoms with Crippen LogP contribution in [0.15, 0.2) is 41.8 Å². The smallest absolute Gasteiger partial charge is 0.0982 e. The lowest BCUT2D eigenvalue weighted by atomic mass is 10.1. The van der Waals surface area contributed by atoms with Gasteiger partial charge in [0.05, 0.1) is 30.8 Å². The molecule has 7 heteroatoms.